The van der Waals surface area contributed by atoms with Crippen molar-refractivity contribution < 1.29 is 28.9 Å². The Morgan fingerprint density at radius 3 is 2.65 bits per heavy atom. The first kappa shape index (κ1) is 25.3. The fourth-order valence-electron chi connectivity index (χ4n) is 7.11. The SMILES string of the molecule is CC[C@@]1(O)C(=O)OCc2c1cc1n(c2=O)Cc2c-1nc1cc(F)c(C)c3c1c2[C@@H](N(C)C(=O)C1(O)CCC1)CC3. The van der Waals surface area contributed by atoms with Gasteiger partial charge in [-0.2, -0.15) is 0 Å². The predicted octanol–water partition coefficient (Wildman–Crippen LogP) is 2.89. The first-order chi connectivity index (χ1) is 19.0. The number of esters is 1. The van der Waals surface area contributed by atoms with Gasteiger partial charge >= 0.3 is 5.97 Å². The number of likely N-dealkylation sites (N-methyl/N-ethyl adjacent to an activating group) is 1. The lowest BCUT2D eigenvalue weighted by Gasteiger charge is -2.42. The molecule has 2 aromatic heterocycles. The molecule has 208 valence electrons. The molecule has 1 fully saturated rings. The number of carbonyl (C=O) groups excluding carboxylic acids is 2. The summed E-state index contributed by atoms with van der Waals surface area (Å²) in [5.41, 5.74) is 0.941. The molecule has 0 unspecified atom stereocenters. The number of carbonyl (C=O) groups is 2. The number of hydrogen-bond acceptors (Lipinski definition) is 7. The van der Waals surface area contributed by atoms with E-state index in [9.17, 15) is 24.6 Å². The average Bonchev–Trinajstić information content (AvgIpc) is 3.30. The third-order valence-corrected chi connectivity index (χ3v) is 9.71. The first-order valence-electron chi connectivity index (χ1n) is 13.8. The van der Waals surface area contributed by atoms with Gasteiger partial charge < -0.3 is 24.4 Å². The molecule has 3 aromatic rings. The van der Waals surface area contributed by atoms with Crippen LogP contribution in [0.25, 0.3) is 22.3 Å². The van der Waals surface area contributed by atoms with Gasteiger partial charge in [0.05, 0.1) is 35.1 Å². The zero-order valence-corrected chi connectivity index (χ0v) is 22.6. The number of aromatic nitrogens is 2. The van der Waals surface area contributed by atoms with Gasteiger partial charge in [0.1, 0.15) is 18.0 Å². The van der Waals surface area contributed by atoms with Gasteiger partial charge in [0.15, 0.2) is 5.60 Å². The van der Waals surface area contributed by atoms with Gasteiger partial charge in [-0.1, -0.05) is 6.92 Å². The van der Waals surface area contributed by atoms with Crippen LogP contribution in [0.1, 0.15) is 78.5 Å². The van der Waals surface area contributed by atoms with Crippen molar-refractivity contribution in [1.82, 2.24) is 14.5 Å². The maximum atomic E-state index is 15.1. The van der Waals surface area contributed by atoms with Crippen LogP contribution in [0.15, 0.2) is 16.9 Å². The number of aryl methyl sites for hydroxylation is 1. The molecule has 0 bridgehead atoms. The molecule has 1 aromatic carbocycles. The average molecular weight is 548 g/mol. The molecule has 7 rings (SSSR count). The van der Waals surface area contributed by atoms with Crippen molar-refractivity contribution in [3.05, 3.63) is 61.7 Å². The van der Waals surface area contributed by atoms with E-state index in [0.717, 1.165) is 28.5 Å². The predicted molar refractivity (Wildman–Crippen MR) is 142 cm³/mol. The molecule has 4 aliphatic rings. The number of halogens is 1. The van der Waals surface area contributed by atoms with Gasteiger partial charge in [0.25, 0.3) is 11.5 Å². The largest absolute Gasteiger partial charge is 0.458 e. The topological polar surface area (TPSA) is 122 Å². The van der Waals surface area contributed by atoms with E-state index in [1.807, 2.05) is 0 Å². The molecule has 2 aliphatic carbocycles. The lowest BCUT2D eigenvalue weighted by molar-refractivity contribution is -0.172. The van der Waals surface area contributed by atoms with E-state index < -0.39 is 23.2 Å². The number of aliphatic hydroxyl groups is 2. The number of cyclic esters (lactones) is 1. The minimum Gasteiger partial charge on any atom is -0.458 e. The monoisotopic (exact) mass is 547 g/mol. The summed E-state index contributed by atoms with van der Waals surface area (Å²) in [6.07, 6.45) is 2.72. The number of ether oxygens (including phenoxy) is 1. The van der Waals surface area contributed by atoms with Crippen molar-refractivity contribution in [2.24, 2.45) is 0 Å². The number of nitrogens with zero attached hydrogens (tertiary/aromatic N) is 3. The molecule has 1 amide bonds. The Bertz CT molecular complexity index is 1740. The Hall–Kier alpha value is -3.63. The van der Waals surface area contributed by atoms with Crippen LogP contribution >= 0.6 is 0 Å². The molecule has 2 atom stereocenters. The van der Waals surface area contributed by atoms with Crippen molar-refractivity contribution in [3.63, 3.8) is 0 Å². The Labute approximate surface area is 229 Å². The molecular formula is C30H30FN3O6. The molecule has 0 spiro atoms. The Kier molecular flexibility index (Phi) is 5.20. The number of hydrogen-bond donors (Lipinski definition) is 2. The molecule has 40 heavy (non-hydrogen) atoms. The number of pyridine rings is 2. The van der Waals surface area contributed by atoms with E-state index in [2.05, 4.69) is 0 Å². The van der Waals surface area contributed by atoms with Crippen LogP contribution in [0.2, 0.25) is 0 Å². The highest BCUT2D eigenvalue weighted by atomic mass is 19.1. The molecule has 4 heterocycles. The van der Waals surface area contributed by atoms with Gasteiger partial charge in [-0.05, 0) is 68.2 Å². The first-order valence-corrected chi connectivity index (χ1v) is 13.8. The lowest BCUT2D eigenvalue weighted by atomic mass is 9.77. The maximum absolute atomic E-state index is 15.1. The number of fused-ring (bicyclic) bond motifs is 5. The van der Waals surface area contributed by atoms with Crippen molar-refractivity contribution in [2.75, 3.05) is 7.05 Å². The van der Waals surface area contributed by atoms with Crippen molar-refractivity contribution in [3.8, 4) is 11.4 Å². The second-order valence-corrected chi connectivity index (χ2v) is 11.7. The van der Waals surface area contributed by atoms with Gasteiger partial charge in [0.2, 0.25) is 0 Å². The van der Waals surface area contributed by atoms with Gasteiger partial charge in [0, 0.05) is 29.6 Å². The molecule has 10 heteroatoms. The standard InChI is InChI=1S/C30H30FN3O6/c1-4-30(39)18-10-22-25-16(12-34(22)26(35)17(18)13-40-28(30)37)24-21(33(3)27(36)29(38)8-5-9-29)7-6-15-14(2)19(31)11-20(32-25)23(15)24/h10-11,21,38-39H,4-9,12-13H2,1-3H3/t21-,30-/m0/s1. The second kappa shape index (κ2) is 8.20. The normalized spacial score (nSPS) is 23.6. The molecule has 9 nitrogen and oxygen atoms in total. The second-order valence-electron chi connectivity index (χ2n) is 11.7. The minimum absolute atomic E-state index is 0.0245. The summed E-state index contributed by atoms with van der Waals surface area (Å²) in [5, 5.41) is 22.9. The van der Waals surface area contributed by atoms with Crippen LogP contribution in [0.5, 0.6) is 0 Å². The van der Waals surface area contributed by atoms with Crippen molar-refractivity contribution in [1.29, 1.82) is 0 Å². The highest BCUT2D eigenvalue weighted by molar-refractivity contribution is 5.94. The fourth-order valence-corrected chi connectivity index (χ4v) is 7.11. The minimum atomic E-state index is -1.96. The zero-order chi connectivity index (χ0) is 28.3. The highest BCUT2D eigenvalue weighted by Gasteiger charge is 2.48. The zero-order valence-electron chi connectivity index (χ0n) is 22.6. The van der Waals surface area contributed by atoms with Crippen molar-refractivity contribution >= 4 is 22.8 Å². The van der Waals surface area contributed by atoms with E-state index in [1.165, 1.54) is 6.07 Å². The summed E-state index contributed by atoms with van der Waals surface area (Å²) in [4.78, 5) is 46.2. The van der Waals surface area contributed by atoms with E-state index >= 15 is 4.39 Å². The van der Waals surface area contributed by atoms with E-state index in [1.54, 1.807) is 36.4 Å². The molecular weight excluding hydrogens is 517 g/mol. The summed E-state index contributed by atoms with van der Waals surface area (Å²) < 4.78 is 21.8. The van der Waals surface area contributed by atoms with Crippen LogP contribution in [-0.2, 0) is 39.5 Å². The van der Waals surface area contributed by atoms with Gasteiger partial charge in [-0.25, -0.2) is 14.2 Å². The fraction of sp³-hybridized carbons (Fsp3) is 0.467. The smallest absolute Gasteiger partial charge is 0.343 e. The molecule has 2 N–H and O–H groups in total. The van der Waals surface area contributed by atoms with Crippen LogP contribution in [0.3, 0.4) is 0 Å². The van der Waals surface area contributed by atoms with Crippen molar-refractivity contribution in [2.45, 2.75) is 82.8 Å². The Morgan fingerprint density at radius 1 is 1.23 bits per heavy atom. The maximum Gasteiger partial charge on any atom is 0.343 e. The molecule has 0 saturated heterocycles. The number of amides is 1. The van der Waals surface area contributed by atoms with Crippen LogP contribution in [0, 0.1) is 12.7 Å². The van der Waals surface area contributed by atoms with Gasteiger partial charge in [-0.15, -0.1) is 0 Å². The lowest BCUT2D eigenvalue weighted by Crippen LogP contribution is -2.53. The summed E-state index contributed by atoms with van der Waals surface area (Å²) in [7, 11) is 1.70. The van der Waals surface area contributed by atoms with Crippen LogP contribution in [0.4, 0.5) is 4.39 Å². The summed E-state index contributed by atoms with van der Waals surface area (Å²) in [6, 6.07) is 2.61. The Morgan fingerprint density at radius 2 is 1.98 bits per heavy atom. The van der Waals surface area contributed by atoms with Crippen LogP contribution < -0.4 is 5.56 Å². The number of benzene rings is 1. The molecule has 2 aliphatic heterocycles. The summed E-state index contributed by atoms with van der Waals surface area (Å²) in [6.45, 7) is 3.32. The summed E-state index contributed by atoms with van der Waals surface area (Å²) in [5.74, 6) is -1.52. The summed E-state index contributed by atoms with van der Waals surface area (Å²) >= 11 is 0. The quantitative estimate of drug-likeness (QED) is 0.378. The molecule has 0 radical (unpaired) electrons. The van der Waals surface area contributed by atoms with Gasteiger partial charge in [-0.3, -0.25) is 9.59 Å². The number of rotatable bonds is 3. The highest BCUT2D eigenvalue weighted by Crippen LogP contribution is 2.48. The Balaban J connectivity index is 1.49. The molecule has 1 saturated carbocycles. The van der Waals surface area contributed by atoms with E-state index in [0.29, 0.717) is 48.2 Å². The van der Waals surface area contributed by atoms with E-state index in [4.69, 9.17) is 9.72 Å². The van der Waals surface area contributed by atoms with E-state index in [-0.39, 0.29) is 48.0 Å². The third kappa shape index (κ3) is 3.09. The van der Waals surface area contributed by atoms with Crippen LogP contribution in [-0.4, -0.2) is 49.2 Å². The third-order valence-electron chi connectivity index (χ3n) is 9.71.